The Kier molecular flexibility index (Phi) is 5.37. The molecule has 1 unspecified atom stereocenters. The first-order valence-electron chi connectivity index (χ1n) is 7.29. The van der Waals surface area contributed by atoms with Crippen LogP contribution in [0.3, 0.4) is 0 Å². The van der Waals surface area contributed by atoms with Crippen LogP contribution in [0.5, 0.6) is 5.75 Å². The van der Waals surface area contributed by atoms with Crippen molar-refractivity contribution in [2.24, 2.45) is 0 Å². The van der Waals surface area contributed by atoms with E-state index < -0.39 is 5.97 Å². The Labute approximate surface area is 130 Å². The minimum absolute atomic E-state index is 0.0980. The van der Waals surface area contributed by atoms with Crippen molar-refractivity contribution < 1.29 is 14.6 Å². The Balaban J connectivity index is 2.14. The number of ether oxygens (including phenoxy) is 1. The first-order chi connectivity index (χ1) is 10.6. The molecule has 0 spiro atoms. The first-order valence-corrected chi connectivity index (χ1v) is 7.29. The maximum absolute atomic E-state index is 10.8. The Bertz CT molecular complexity index is 659. The predicted molar refractivity (Wildman–Crippen MR) is 88.0 cm³/mol. The van der Waals surface area contributed by atoms with E-state index in [2.05, 4.69) is 0 Å². The number of hydrogen-bond donors (Lipinski definition) is 1. The molecule has 0 bridgehead atoms. The van der Waals surface area contributed by atoms with Crippen LogP contribution in [-0.2, 0) is 4.79 Å². The van der Waals surface area contributed by atoms with E-state index in [1.54, 1.807) is 13.0 Å². The smallest absolute Gasteiger partial charge is 0.330 e. The monoisotopic (exact) mass is 296 g/mol. The number of benzene rings is 2. The minimum Gasteiger partial charge on any atom is -0.490 e. The lowest BCUT2D eigenvalue weighted by molar-refractivity contribution is -0.132. The van der Waals surface area contributed by atoms with Gasteiger partial charge in [-0.15, -0.1) is 0 Å². The standard InChI is InChI=1S/C19H20O3/c1-14(19(20)21)12-13-15(2)22-18-11-7-6-10-17(18)16-8-4-3-5-9-16/h3-12,15H,13H2,1-2H3,(H,20,21). The summed E-state index contributed by atoms with van der Waals surface area (Å²) in [5.74, 6) is -0.0838. The SMILES string of the molecule is CC(=CCC(C)Oc1ccccc1-c1ccccc1)C(=O)O. The highest BCUT2D eigenvalue weighted by Crippen LogP contribution is 2.30. The molecular weight excluding hydrogens is 276 g/mol. The third-order valence-electron chi connectivity index (χ3n) is 3.39. The van der Waals surface area contributed by atoms with Gasteiger partial charge >= 0.3 is 5.97 Å². The lowest BCUT2D eigenvalue weighted by Crippen LogP contribution is -2.12. The molecule has 2 aromatic rings. The van der Waals surface area contributed by atoms with Crippen molar-refractivity contribution in [1.29, 1.82) is 0 Å². The predicted octanol–water partition coefficient (Wildman–Crippen LogP) is 4.54. The maximum Gasteiger partial charge on any atom is 0.330 e. The molecule has 22 heavy (non-hydrogen) atoms. The lowest BCUT2D eigenvalue weighted by atomic mass is 10.0. The first kappa shape index (κ1) is 15.8. The van der Waals surface area contributed by atoms with Crippen molar-refractivity contribution in [2.45, 2.75) is 26.4 Å². The van der Waals surface area contributed by atoms with E-state index in [0.717, 1.165) is 16.9 Å². The summed E-state index contributed by atoms with van der Waals surface area (Å²) in [5.41, 5.74) is 2.48. The Morgan fingerprint density at radius 3 is 2.45 bits per heavy atom. The Morgan fingerprint density at radius 2 is 1.77 bits per heavy atom. The molecule has 0 fully saturated rings. The van der Waals surface area contributed by atoms with Crippen LogP contribution in [0.2, 0.25) is 0 Å². The highest BCUT2D eigenvalue weighted by Gasteiger charge is 2.09. The van der Waals surface area contributed by atoms with E-state index in [-0.39, 0.29) is 6.10 Å². The van der Waals surface area contributed by atoms with Crippen LogP contribution in [-0.4, -0.2) is 17.2 Å². The van der Waals surface area contributed by atoms with Gasteiger partial charge in [-0.2, -0.15) is 0 Å². The normalized spacial score (nSPS) is 12.7. The van der Waals surface area contributed by atoms with Crippen molar-refractivity contribution in [3.63, 3.8) is 0 Å². The molecule has 2 rings (SSSR count). The van der Waals surface area contributed by atoms with Crippen molar-refractivity contribution in [3.8, 4) is 16.9 Å². The Morgan fingerprint density at radius 1 is 1.14 bits per heavy atom. The summed E-state index contributed by atoms with van der Waals surface area (Å²) in [6.45, 7) is 3.53. The molecule has 0 saturated carbocycles. The summed E-state index contributed by atoms with van der Waals surface area (Å²) in [7, 11) is 0. The number of carboxylic acid groups (broad SMARTS) is 1. The fourth-order valence-corrected chi connectivity index (χ4v) is 2.12. The van der Waals surface area contributed by atoms with E-state index >= 15 is 0 Å². The van der Waals surface area contributed by atoms with Crippen LogP contribution in [0, 0.1) is 0 Å². The molecule has 0 heterocycles. The van der Waals surface area contributed by atoms with Crippen molar-refractivity contribution in [1.82, 2.24) is 0 Å². The fraction of sp³-hybridized carbons (Fsp3) is 0.211. The summed E-state index contributed by atoms with van der Waals surface area (Å²) in [4.78, 5) is 10.8. The molecule has 1 atom stereocenters. The summed E-state index contributed by atoms with van der Waals surface area (Å²) in [6.07, 6.45) is 2.15. The van der Waals surface area contributed by atoms with Gasteiger partial charge in [0.1, 0.15) is 5.75 Å². The van der Waals surface area contributed by atoms with Gasteiger partial charge in [-0.3, -0.25) is 0 Å². The number of carbonyl (C=O) groups is 1. The number of para-hydroxylation sites is 1. The van der Waals surface area contributed by atoms with Gasteiger partial charge in [0.15, 0.2) is 0 Å². The van der Waals surface area contributed by atoms with Crippen LogP contribution >= 0.6 is 0 Å². The van der Waals surface area contributed by atoms with E-state index in [4.69, 9.17) is 9.84 Å². The van der Waals surface area contributed by atoms with Crippen LogP contribution in [0.25, 0.3) is 11.1 Å². The number of aliphatic carboxylic acids is 1. The largest absolute Gasteiger partial charge is 0.490 e. The summed E-state index contributed by atoms with van der Waals surface area (Å²) < 4.78 is 5.99. The van der Waals surface area contributed by atoms with Crippen LogP contribution < -0.4 is 4.74 Å². The second-order valence-corrected chi connectivity index (χ2v) is 5.22. The second-order valence-electron chi connectivity index (χ2n) is 5.22. The summed E-state index contributed by atoms with van der Waals surface area (Å²) in [5, 5.41) is 8.87. The third kappa shape index (κ3) is 4.22. The maximum atomic E-state index is 10.8. The number of hydrogen-bond acceptors (Lipinski definition) is 2. The molecule has 0 radical (unpaired) electrons. The average Bonchev–Trinajstić information content (AvgIpc) is 2.54. The van der Waals surface area contributed by atoms with Crippen molar-refractivity contribution in [2.75, 3.05) is 0 Å². The van der Waals surface area contributed by atoms with Gasteiger partial charge in [0.2, 0.25) is 0 Å². The highest BCUT2D eigenvalue weighted by atomic mass is 16.5. The number of carboxylic acids is 1. The molecule has 0 aliphatic heterocycles. The zero-order chi connectivity index (χ0) is 15.9. The van der Waals surface area contributed by atoms with Gasteiger partial charge in [0, 0.05) is 17.6 Å². The molecule has 3 heteroatoms. The minimum atomic E-state index is -0.892. The van der Waals surface area contributed by atoms with Gasteiger partial charge < -0.3 is 9.84 Å². The van der Waals surface area contributed by atoms with E-state index in [1.165, 1.54) is 0 Å². The quantitative estimate of drug-likeness (QED) is 0.796. The van der Waals surface area contributed by atoms with Gasteiger partial charge in [-0.1, -0.05) is 54.6 Å². The zero-order valence-electron chi connectivity index (χ0n) is 12.8. The van der Waals surface area contributed by atoms with Gasteiger partial charge in [-0.05, 0) is 25.5 Å². The average molecular weight is 296 g/mol. The molecule has 3 nitrogen and oxygen atoms in total. The van der Waals surface area contributed by atoms with Crippen molar-refractivity contribution >= 4 is 5.97 Å². The lowest BCUT2D eigenvalue weighted by Gasteiger charge is -2.16. The number of rotatable bonds is 6. The molecule has 0 aliphatic rings. The Hall–Kier alpha value is -2.55. The molecule has 0 amide bonds. The molecule has 0 aliphatic carbocycles. The highest BCUT2D eigenvalue weighted by molar-refractivity contribution is 5.85. The van der Waals surface area contributed by atoms with E-state index in [0.29, 0.717) is 12.0 Å². The van der Waals surface area contributed by atoms with Crippen LogP contribution in [0.1, 0.15) is 20.3 Å². The molecule has 0 saturated heterocycles. The van der Waals surface area contributed by atoms with Gasteiger partial charge in [-0.25, -0.2) is 4.79 Å². The summed E-state index contributed by atoms with van der Waals surface area (Å²) in [6, 6.07) is 17.9. The third-order valence-corrected chi connectivity index (χ3v) is 3.39. The summed E-state index contributed by atoms with van der Waals surface area (Å²) >= 11 is 0. The van der Waals surface area contributed by atoms with Crippen LogP contribution in [0.15, 0.2) is 66.2 Å². The molecule has 2 aromatic carbocycles. The van der Waals surface area contributed by atoms with Gasteiger partial charge in [0.05, 0.1) is 6.10 Å². The molecular formula is C19H20O3. The molecule has 114 valence electrons. The zero-order valence-corrected chi connectivity index (χ0v) is 12.8. The topological polar surface area (TPSA) is 46.5 Å². The second kappa shape index (κ2) is 7.46. The van der Waals surface area contributed by atoms with Crippen LogP contribution in [0.4, 0.5) is 0 Å². The molecule has 1 N–H and O–H groups in total. The molecule has 0 aromatic heterocycles. The van der Waals surface area contributed by atoms with Gasteiger partial charge in [0.25, 0.3) is 0 Å². The van der Waals surface area contributed by atoms with E-state index in [1.807, 2.05) is 61.5 Å². The van der Waals surface area contributed by atoms with Crippen molar-refractivity contribution in [3.05, 3.63) is 66.2 Å². The van der Waals surface area contributed by atoms with E-state index in [9.17, 15) is 4.79 Å². The fourth-order valence-electron chi connectivity index (χ4n) is 2.12.